The number of para-hydroxylation sites is 3. The summed E-state index contributed by atoms with van der Waals surface area (Å²) in [6.45, 7) is 0. The molecule has 0 fully saturated rings. The molecule has 4 nitrogen and oxygen atoms in total. The normalized spacial score (nSPS) is 11.5. The molecule has 11 rings (SSSR count). The largest absolute Gasteiger partial charge is 0.308 e. The van der Waals surface area contributed by atoms with Gasteiger partial charge in [0.25, 0.3) is 0 Å². The first kappa shape index (κ1) is 32.7. The summed E-state index contributed by atoms with van der Waals surface area (Å²) in [6, 6.07) is 72.5. The zero-order valence-electron chi connectivity index (χ0n) is 30.9. The van der Waals surface area contributed by atoms with Gasteiger partial charge >= 0.3 is 0 Å². The van der Waals surface area contributed by atoms with Crippen LogP contribution in [-0.4, -0.2) is 15.0 Å². The van der Waals surface area contributed by atoms with Gasteiger partial charge in [-0.3, -0.25) is 0 Å². The third-order valence-corrected chi connectivity index (χ3v) is 11.0. The third-order valence-electron chi connectivity index (χ3n) is 11.0. The molecule has 0 amide bonds. The van der Waals surface area contributed by atoms with Crippen molar-refractivity contribution in [2.75, 3.05) is 4.90 Å². The van der Waals surface area contributed by atoms with Gasteiger partial charge in [0.1, 0.15) is 0 Å². The minimum Gasteiger partial charge on any atom is -0.308 e. The molecule has 3 aromatic heterocycles. The lowest BCUT2D eigenvalue weighted by Gasteiger charge is -2.27. The minimum absolute atomic E-state index is 0.877. The lowest BCUT2D eigenvalue weighted by Crippen LogP contribution is -2.11. The van der Waals surface area contributed by atoms with Crippen LogP contribution in [0.4, 0.5) is 17.1 Å². The van der Waals surface area contributed by atoms with Gasteiger partial charge in [0.05, 0.1) is 39.3 Å². The highest BCUT2D eigenvalue weighted by molar-refractivity contribution is 6.28. The molecular weight excluding hydrogens is 693 g/mol. The highest BCUT2D eigenvalue weighted by Gasteiger charge is 2.23. The number of anilines is 3. The van der Waals surface area contributed by atoms with Crippen molar-refractivity contribution in [2.45, 2.75) is 0 Å². The van der Waals surface area contributed by atoms with Crippen LogP contribution in [0, 0.1) is 0 Å². The van der Waals surface area contributed by atoms with Crippen LogP contribution in [0.5, 0.6) is 0 Å². The van der Waals surface area contributed by atoms with Crippen molar-refractivity contribution in [1.29, 1.82) is 0 Å². The second-order valence-corrected chi connectivity index (χ2v) is 14.4. The molecule has 0 N–H and O–H groups in total. The van der Waals surface area contributed by atoms with E-state index in [9.17, 15) is 0 Å². The van der Waals surface area contributed by atoms with E-state index in [0.29, 0.717) is 0 Å². The van der Waals surface area contributed by atoms with Crippen LogP contribution in [0.25, 0.3) is 88.0 Å². The van der Waals surface area contributed by atoms with Crippen LogP contribution >= 0.6 is 0 Å². The first-order chi connectivity index (χ1) is 28.3. The summed E-state index contributed by atoms with van der Waals surface area (Å²) in [5.74, 6) is 0. The summed E-state index contributed by atoms with van der Waals surface area (Å²) in [5.41, 5.74) is 11.7. The van der Waals surface area contributed by atoms with Crippen molar-refractivity contribution in [3.8, 4) is 33.8 Å². The Balaban J connectivity index is 1.25. The number of benzene rings is 8. The number of fused-ring (bicyclic) bond motifs is 8. The summed E-state index contributed by atoms with van der Waals surface area (Å²) in [7, 11) is 0. The van der Waals surface area contributed by atoms with E-state index in [4.69, 9.17) is 15.0 Å². The van der Waals surface area contributed by atoms with Gasteiger partial charge in [-0.15, -0.1) is 0 Å². The molecule has 8 aromatic carbocycles. The fourth-order valence-corrected chi connectivity index (χ4v) is 8.35. The molecule has 3 heterocycles. The fourth-order valence-electron chi connectivity index (χ4n) is 8.35. The van der Waals surface area contributed by atoms with Gasteiger partial charge in [-0.25, -0.2) is 15.0 Å². The van der Waals surface area contributed by atoms with E-state index in [2.05, 4.69) is 205 Å². The second kappa shape index (κ2) is 13.6. The smallest absolute Gasteiger partial charge is 0.0972 e. The third kappa shape index (κ3) is 5.58. The maximum Gasteiger partial charge on any atom is 0.0972 e. The first-order valence-electron chi connectivity index (χ1n) is 19.3. The zero-order chi connectivity index (χ0) is 37.7. The quantitative estimate of drug-likeness (QED) is 0.160. The molecule has 0 spiro atoms. The number of rotatable bonds is 6. The van der Waals surface area contributed by atoms with E-state index in [0.717, 1.165) is 99.7 Å². The maximum absolute atomic E-state index is 5.71. The van der Waals surface area contributed by atoms with Crippen LogP contribution < -0.4 is 4.90 Å². The van der Waals surface area contributed by atoms with Crippen LogP contribution in [-0.2, 0) is 0 Å². The number of nitrogens with zero attached hydrogens (tertiary/aromatic N) is 4. The Labute approximate surface area is 330 Å². The highest BCUT2D eigenvalue weighted by atomic mass is 15.1. The van der Waals surface area contributed by atoms with Gasteiger partial charge < -0.3 is 4.90 Å². The van der Waals surface area contributed by atoms with Gasteiger partial charge in [-0.05, 0) is 59.3 Å². The second-order valence-electron chi connectivity index (χ2n) is 14.4. The SMILES string of the molecule is c1ccc(-c2ccc3ccc4ccc(-c5cc6ccccc6c6c5c(-c5ccccc5)nc5c(N(c7ccccc7)c7ccccc7)cccc56)nc4c3n2)cc1. The Hall–Kier alpha value is -7.69. The fraction of sp³-hybridized carbons (Fsp3) is 0. The number of aromatic nitrogens is 3. The molecule has 0 aliphatic carbocycles. The van der Waals surface area contributed by atoms with Crippen LogP contribution in [0.15, 0.2) is 206 Å². The Morgan fingerprint density at radius 1 is 0.333 bits per heavy atom. The molecule has 0 bridgehead atoms. The number of hydrogen-bond donors (Lipinski definition) is 0. The van der Waals surface area contributed by atoms with E-state index in [-0.39, 0.29) is 0 Å². The molecular formula is C53H34N4. The van der Waals surface area contributed by atoms with Gasteiger partial charge in [0.15, 0.2) is 0 Å². The van der Waals surface area contributed by atoms with Crippen molar-refractivity contribution in [2.24, 2.45) is 0 Å². The molecule has 0 unspecified atom stereocenters. The molecule has 4 heteroatoms. The minimum atomic E-state index is 0.877. The number of pyridine rings is 3. The van der Waals surface area contributed by atoms with Crippen molar-refractivity contribution >= 4 is 71.3 Å². The van der Waals surface area contributed by atoms with E-state index in [1.54, 1.807) is 0 Å². The van der Waals surface area contributed by atoms with Crippen LogP contribution in [0.1, 0.15) is 0 Å². The predicted molar refractivity (Wildman–Crippen MR) is 238 cm³/mol. The number of hydrogen-bond acceptors (Lipinski definition) is 4. The molecule has 0 aliphatic heterocycles. The topological polar surface area (TPSA) is 41.9 Å². The molecule has 0 atom stereocenters. The van der Waals surface area contributed by atoms with Crippen molar-refractivity contribution in [3.05, 3.63) is 206 Å². The Bertz CT molecular complexity index is 3240. The van der Waals surface area contributed by atoms with E-state index in [1.165, 1.54) is 5.39 Å². The predicted octanol–water partition coefficient (Wildman–Crippen LogP) is 14.1. The van der Waals surface area contributed by atoms with Crippen molar-refractivity contribution in [1.82, 2.24) is 15.0 Å². The molecule has 0 aliphatic rings. The van der Waals surface area contributed by atoms with Crippen molar-refractivity contribution < 1.29 is 0 Å². The summed E-state index contributed by atoms with van der Waals surface area (Å²) < 4.78 is 0. The molecule has 266 valence electrons. The standard InChI is InChI=1S/C53H34N4/c1-5-16-35(17-6-1)45-32-30-37-28-29-38-31-33-46(55-52(38)51(37)54-45)44-34-39-20-13-14-25-42(39)48-43-26-15-27-47(53(43)56-50(49(44)48)36-18-7-2-8-19-36)57(40-21-9-3-10-22-40)41-23-11-4-12-24-41/h1-34H. The highest BCUT2D eigenvalue weighted by Crippen LogP contribution is 2.46. The Morgan fingerprint density at radius 2 is 0.860 bits per heavy atom. The van der Waals surface area contributed by atoms with E-state index >= 15 is 0 Å². The van der Waals surface area contributed by atoms with Gasteiger partial charge in [0.2, 0.25) is 0 Å². The molecule has 11 aromatic rings. The van der Waals surface area contributed by atoms with E-state index in [1.807, 2.05) is 6.07 Å². The summed E-state index contributed by atoms with van der Waals surface area (Å²) in [4.78, 5) is 18.8. The zero-order valence-corrected chi connectivity index (χ0v) is 30.9. The first-order valence-corrected chi connectivity index (χ1v) is 19.3. The lowest BCUT2D eigenvalue weighted by atomic mass is 9.89. The van der Waals surface area contributed by atoms with Gasteiger partial charge in [-0.1, -0.05) is 158 Å². The molecule has 0 saturated heterocycles. The Morgan fingerprint density at radius 3 is 1.53 bits per heavy atom. The summed E-state index contributed by atoms with van der Waals surface area (Å²) in [6.07, 6.45) is 0. The average Bonchev–Trinajstić information content (AvgIpc) is 3.29. The Kier molecular flexibility index (Phi) is 7.78. The summed E-state index contributed by atoms with van der Waals surface area (Å²) in [5, 5.41) is 7.72. The maximum atomic E-state index is 5.71. The monoisotopic (exact) mass is 726 g/mol. The van der Waals surface area contributed by atoms with Gasteiger partial charge in [0, 0.05) is 55.0 Å². The van der Waals surface area contributed by atoms with Crippen LogP contribution in [0.3, 0.4) is 0 Å². The molecule has 0 radical (unpaired) electrons. The van der Waals surface area contributed by atoms with Crippen LogP contribution in [0.2, 0.25) is 0 Å². The molecule has 0 saturated carbocycles. The lowest BCUT2D eigenvalue weighted by molar-refractivity contribution is 1.28. The van der Waals surface area contributed by atoms with E-state index < -0.39 is 0 Å². The average molecular weight is 727 g/mol. The molecule has 57 heavy (non-hydrogen) atoms. The summed E-state index contributed by atoms with van der Waals surface area (Å²) >= 11 is 0. The van der Waals surface area contributed by atoms with Gasteiger partial charge in [-0.2, -0.15) is 0 Å². The van der Waals surface area contributed by atoms with Crippen molar-refractivity contribution in [3.63, 3.8) is 0 Å².